The van der Waals surface area contributed by atoms with E-state index >= 15 is 0 Å². The zero-order chi connectivity index (χ0) is 15.5. The van der Waals surface area contributed by atoms with Gasteiger partial charge in [0.25, 0.3) is 5.89 Å². The molecule has 8 heteroatoms. The molecule has 21 heavy (non-hydrogen) atoms. The van der Waals surface area contributed by atoms with Gasteiger partial charge in [-0.1, -0.05) is 11.2 Å². The van der Waals surface area contributed by atoms with Crippen LogP contribution < -0.4 is 0 Å². The molecule has 0 atom stereocenters. The van der Waals surface area contributed by atoms with Crippen molar-refractivity contribution in [1.82, 2.24) is 10.1 Å². The molecule has 0 amide bonds. The van der Waals surface area contributed by atoms with Crippen LogP contribution in [0.5, 0.6) is 5.75 Å². The third kappa shape index (κ3) is 4.45. The van der Waals surface area contributed by atoms with E-state index < -0.39 is 12.8 Å². The fraction of sp³-hybridized carbons (Fsp3) is 0.385. The van der Waals surface area contributed by atoms with Crippen molar-refractivity contribution in [3.8, 4) is 17.2 Å². The molecule has 0 aliphatic rings. The van der Waals surface area contributed by atoms with E-state index in [4.69, 9.17) is 4.52 Å². The number of ether oxygens (including phenoxy) is 1. The van der Waals surface area contributed by atoms with E-state index in [1.54, 1.807) is 18.2 Å². The van der Waals surface area contributed by atoms with Crippen molar-refractivity contribution in [1.29, 1.82) is 0 Å². The first-order chi connectivity index (χ1) is 9.85. The predicted octanol–water partition coefficient (Wildman–Crippen LogP) is 2.87. The van der Waals surface area contributed by atoms with Crippen LogP contribution in [0.25, 0.3) is 11.5 Å². The zero-order valence-electron chi connectivity index (χ0n) is 11.1. The normalized spacial score (nSPS) is 11.8. The van der Waals surface area contributed by atoms with Crippen molar-refractivity contribution in [2.75, 3.05) is 13.2 Å². The van der Waals surface area contributed by atoms with Gasteiger partial charge in [0.15, 0.2) is 5.82 Å². The highest BCUT2D eigenvalue weighted by atomic mass is 19.4. The molecule has 0 aliphatic carbocycles. The van der Waals surface area contributed by atoms with Crippen molar-refractivity contribution in [2.45, 2.75) is 19.5 Å². The Balaban J connectivity index is 1.95. The minimum atomic E-state index is -4.35. The van der Waals surface area contributed by atoms with Gasteiger partial charge in [0.05, 0.1) is 12.2 Å². The van der Waals surface area contributed by atoms with Gasteiger partial charge in [-0.05, 0) is 24.6 Å². The second-order valence-electron chi connectivity index (χ2n) is 4.45. The summed E-state index contributed by atoms with van der Waals surface area (Å²) < 4.78 is 45.1. The molecule has 1 heterocycles. The Kier molecular flexibility index (Phi) is 4.46. The highest BCUT2D eigenvalue weighted by Crippen LogP contribution is 2.28. The molecule has 0 fully saturated rings. The number of phenolic OH excluding ortho intramolecular Hbond substituents is 1. The van der Waals surface area contributed by atoms with Gasteiger partial charge in [-0.3, -0.25) is 0 Å². The number of nitrogens with zero attached hydrogens (tertiary/aromatic N) is 2. The van der Waals surface area contributed by atoms with Gasteiger partial charge < -0.3 is 14.4 Å². The largest absolute Gasteiger partial charge is 0.507 e. The summed E-state index contributed by atoms with van der Waals surface area (Å²) in [6.45, 7) is 0.343. The number of rotatable bonds is 5. The topological polar surface area (TPSA) is 68.4 Å². The third-order valence-electron chi connectivity index (χ3n) is 2.59. The van der Waals surface area contributed by atoms with Crippen molar-refractivity contribution in [2.24, 2.45) is 0 Å². The van der Waals surface area contributed by atoms with Crippen molar-refractivity contribution < 1.29 is 27.5 Å². The highest BCUT2D eigenvalue weighted by molar-refractivity contribution is 5.62. The molecule has 0 bridgehead atoms. The number of aromatic nitrogens is 2. The summed E-state index contributed by atoms with van der Waals surface area (Å²) in [5, 5.41) is 13.4. The summed E-state index contributed by atoms with van der Waals surface area (Å²) >= 11 is 0. The van der Waals surface area contributed by atoms with E-state index in [2.05, 4.69) is 14.9 Å². The van der Waals surface area contributed by atoms with E-state index in [1.807, 2.05) is 6.92 Å². The lowest BCUT2D eigenvalue weighted by molar-refractivity contribution is -0.173. The molecule has 5 nitrogen and oxygen atoms in total. The van der Waals surface area contributed by atoms with Crippen molar-refractivity contribution in [3.05, 3.63) is 29.6 Å². The first-order valence-electron chi connectivity index (χ1n) is 6.12. The summed E-state index contributed by atoms with van der Waals surface area (Å²) in [6, 6.07) is 4.94. The van der Waals surface area contributed by atoms with Crippen molar-refractivity contribution >= 4 is 0 Å². The van der Waals surface area contributed by atoms with Crippen LogP contribution in [0.2, 0.25) is 0 Å². The van der Waals surface area contributed by atoms with Crippen LogP contribution in [0.3, 0.4) is 0 Å². The van der Waals surface area contributed by atoms with Crippen LogP contribution in [0.4, 0.5) is 13.2 Å². The zero-order valence-corrected chi connectivity index (χ0v) is 11.1. The lowest BCUT2D eigenvalue weighted by atomic mass is 10.1. The Morgan fingerprint density at radius 2 is 2.10 bits per heavy atom. The molecule has 1 aromatic heterocycles. The lowest BCUT2D eigenvalue weighted by Crippen LogP contribution is -2.18. The molecule has 0 saturated heterocycles. The second kappa shape index (κ2) is 6.13. The Morgan fingerprint density at radius 3 is 2.76 bits per heavy atom. The smallest absolute Gasteiger partial charge is 0.411 e. The van der Waals surface area contributed by atoms with E-state index in [-0.39, 0.29) is 30.5 Å². The summed E-state index contributed by atoms with van der Waals surface area (Å²) in [7, 11) is 0. The molecular formula is C13H13F3N2O3. The number of aryl methyl sites for hydroxylation is 1. The molecule has 114 valence electrons. The summed E-state index contributed by atoms with van der Waals surface area (Å²) in [6.07, 6.45) is -4.26. The predicted molar refractivity (Wildman–Crippen MR) is 66.7 cm³/mol. The Labute approximate surface area is 118 Å². The van der Waals surface area contributed by atoms with E-state index in [0.717, 1.165) is 5.56 Å². The number of alkyl halides is 3. The van der Waals surface area contributed by atoms with Gasteiger partial charge in [-0.2, -0.15) is 18.2 Å². The SMILES string of the molecule is Cc1ccc(-c2nc(CCOCC(F)(F)F)no2)c(O)c1. The van der Waals surface area contributed by atoms with E-state index in [0.29, 0.717) is 5.56 Å². The summed E-state index contributed by atoms with van der Waals surface area (Å²) in [5.41, 5.74) is 1.24. The van der Waals surface area contributed by atoms with Crippen LogP contribution in [-0.4, -0.2) is 34.6 Å². The molecule has 1 aromatic carbocycles. The van der Waals surface area contributed by atoms with Gasteiger partial charge >= 0.3 is 6.18 Å². The van der Waals surface area contributed by atoms with Gasteiger partial charge in [0.2, 0.25) is 0 Å². The highest BCUT2D eigenvalue weighted by Gasteiger charge is 2.27. The average molecular weight is 302 g/mol. The van der Waals surface area contributed by atoms with E-state index in [1.165, 1.54) is 0 Å². The van der Waals surface area contributed by atoms with E-state index in [9.17, 15) is 18.3 Å². The molecule has 0 aliphatic heterocycles. The Bertz CT molecular complexity index is 611. The number of benzene rings is 1. The molecular weight excluding hydrogens is 289 g/mol. The second-order valence-corrected chi connectivity index (χ2v) is 4.45. The lowest BCUT2D eigenvalue weighted by Gasteiger charge is -2.05. The number of hydrogen-bond donors (Lipinski definition) is 1. The molecule has 2 aromatic rings. The summed E-state index contributed by atoms with van der Waals surface area (Å²) in [5.74, 6) is 0.323. The van der Waals surface area contributed by atoms with Crippen LogP contribution in [0.15, 0.2) is 22.7 Å². The number of aromatic hydroxyl groups is 1. The minimum absolute atomic E-state index is 0.00137. The fourth-order valence-electron chi connectivity index (χ4n) is 1.64. The first kappa shape index (κ1) is 15.3. The maximum absolute atomic E-state index is 11.9. The molecule has 2 rings (SSSR count). The molecule has 0 radical (unpaired) electrons. The number of halogens is 3. The summed E-state index contributed by atoms with van der Waals surface area (Å²) in [4.78, 5) is 4.01. The standard InChI is InChI=1S/C13H13F3N2O3/c1-8-2-3-9(10(19)6-8)12-17-11(18-21-12)4-5-20-7-13(14,15)16/h2-3,6,19H,4-5,7H2,1H3. The van der Waals surface area contributed by atoms with Crippen LogP contribution in [0, 0.1) is 6.92 Å². The third-order valence-corrected chi connectivity index (χ3v) is 2.59. The minimum Gasteiger partial charge on any atom is -0.507 e. The maximum atomic E-state index is 11.9. The van der Waals surface area contributed by atoms with Crippen molar-refractivity contribution in [3.63, 3.8) is 0 Å². The van der Waals surface area contributed by atoms with Gasteiger partial charge in [-0.25, -0.2) is 0 Å². The van der Waals surface area contributed by atoms with Crippen LogP contribution in [0.1, 0.15) is 11.4 Å². The van der Waals surface area contributed by atoms with Gasteiger partial charge in [0.1, 0.15) is 12.4 Å². The van der Waals surface area contributed by atoms with Gasteiger partial charge in [0, 0.05) is 6.42 Å². The quantitative estimate of drug-likeness (QED) is 0.860. The fourth-order valence-corrected chi connectivity index (χ4v) is 1.64. The van der Waals surface area contributed by atoms with Crippen LogP contribution >= 0.6 is 0 Å². The van der Waals surface area contributed by atoms with Crippen LogP contribution in [-0.2, 0) is 11.2 Å². The molecule has 0 spiro atoms. The number of hydrogen-bond acceptors (Lipinski definition) is 5. The monoisotopic (exact) mass is 302 g/mol. The molecule has 1 N–H and O–H groups in total. The van der Waals surface area contributed by atoms with Gasteiger partial charge in [-0.15, -0.1) is 0 Å². The average Bonchev–Trinajstić information content (AvgIpc) is 2.82. The molecule has 0 unspecified atom stereocenters. The molecule has 0 saturated carbocycles. The maximum Gasteiger partial charge on any atom is 0.411 e. The first-order valence-corrected chi connectivity index (χ1v) is 6.12. The Hall–Kier alpha value is -2.09. The Morgan fingerprint density at radius 1 is 1.33 bits per heavy atom. The number of phenols is 1.